The predicted octanol–water partition coefficient (Wildman–Crippen LogP) is 2.85. The zero-order valence-corrected chi connectivity index (χ0v) is 8.96. The van der Waals surface area contributed by atoms with Crippen LogP contribution in [0.5, 0.6) is 5.75 Å². The van der Waals surface area contributed by atoms with E-state index < -0.39 is 0 Å². The molecule has 2 aromatic rings. The number of hydrogen-bond acceptors (Lipinski definition) is 3. The lowest BCUT2D eigenvalue weighted by atomic mass is 10.2. The van der Waals surface area contributed by atoms with Crippen molar-refractivity contribution in [3.8, 4) is 5.75 Å². The van der Waals surface area contributed by atoms with Crippen molar-refractivity contribution < 1.29 is 5.11 Å². The fraction of sp³-hybridized carbons (Fsp3) is 0.0769. The number of benzene rings is 1. The summed E-state index contributed by atoms with van der Waals surface area (Å²) in [4.78, 5) is 8.44. The van der Waals surface area contributed by atoms with Crippen LogP contribution < -0.4 is 0 Å². The lowest BCUT2D eigenvalue weighted by Gasteiger charge is -1.97. The molecule has 3 heteroatoms. The van der Waals surface area contributed by atoms with Crippen LogP contribution in [0.1, 0.15) is 11.3 Å². The number of pyridine rings is 1. The van der Waals surface area contributed by atoms with E-state index in [1.54, 1.807) is 24.4 Å². The molecule has 0 unspecified atom stereocenters. The van der Waals surface area contributed by atoms with Gasteiger partial charge in [0.1, 0.15) is 5.75 Å². The molecular formula is C13H12N2O. The van der Waals surface area contributed by atoms with Gasteiger partial charge in [0.2, 0.25) is 0 Å². The van der Waals surface area contributed by atoms with Gasteiger partial charge in [-0.1, -0.05) is 18.2 Å². The van der Waals surface area contributed by atoms with Crippen LogP contribution in [0, 0.1) is 6.92 Å². The van der Waals surface area contributed by atoms with E-state index in [0.717, 1.165) is 5.69 Å². The summed E-state index contributed by atoms with van der Waals surface area (Å²) in [5.41, 5.74) is 1.61. The molecule has 2 rings (SSSR count). The summed E-state index contributed by atoms with van der Waals surface area (Å²) >= 11 is 0. The predicted molar refractivity (Wildman–Crippen MR) is 64.3 cm³/mol. The van der Waals surface area contributed by atoms with Gasteiger partial charge < -0.3 is 5.11 Å². The van der Waals surface area contributed by atoms with Crippen LogP contribution >= 0.6 is 0 Å². The Bertz CT molecular complexity index is 521. The van der Waals surface area contributed by atoms with Gasteiger partial charge in [-0.15, -0.1) is 0 Å². The number of rotatable bonds is 2. The van der Waals surface area contributed by atoms with Crippen LogP contribution in [0.15, 0.2) is 47.5 Å². The Morgan fingerprint density at radius 1 is 1.12 bits per heavy atom. The van der Waals surface area contributed by atoms with E-state index in [-0.39, 0.29) is 5.75 Å². The van der Waals surface area contributed by atoms with E-state index >= 15 is 0 Å². The van der Waals surface area contributed by atoms with Crippen LogP contribution in [0.2, 0.25) is 0 Å². The maximum atomic E-state index is 9.53. The molecule has 0 spiro atoms. The second-order valence-electron chi connectivity index (χ2n) is 3.45. The van der Waals surface area contributed by atoms with E-state index in [2.05, 4.69) is 9.98 Å². The third kappa shape index (κ3) is 2.45. The van der Waals surface area contributed by atoms with E-state index in [0.29, 0.717) is 11.4 Å². The highest BCUT2D eigenvalue weighted by Crippen LogP contribution is 2.14. The number of phenols is 1. The molecule has 1 aromatic heterocycles. The highest BCUT2D eigenvalue weighted by atomic mass is 16.3. The molecule has 1 heterocycles. The first-order chi connectivity index (χ1) is 7.75. The van der Waals surface area contributed by atoms with E-state index in [1.807, 2.05) is 31.2 Å². The van der Waals surface area contributed by atoms with Crippen molar-refractivity contribution in [1.29, 1.82) is 0 Å². The average Bonchev–Trinajstić information content (AvgIpc) is 2.28. The normalized spacial score (nSPS) is 10.8. The number of phenolic OH excluding ortho intramolecular Hbond substituents is 1. The molecule has 0 aliphatic carbocycles. The summed E-state index contributed by atoms with van der Waals surface area (Å²) in [6.45, 7) is 1.92. The molecule has 3 nitrogen and oxygen atoms in total. The molecular weight excluding hydrogens is 200 g/mol. The fourth-order valence-electron chi connectivity index (χ4n) is 1.33. The van der Waals surface area contributed by atoms with Crippen molar-refractivity contribution in [1.82, 2.24) is 4.98 Å². The van der Waals surface area contributed by atoms with E-state index in [9.17, 15) is 5.11 Å². The maximum absolute atomic E-state index is 9.53. The van der Waals surface area contributed by atoms with Gasteiger partial charge >= 0.3 is 0 Å². The first-order valence-electron chi connectivity index (χ1n) is 5.01. The summed E-state index contributed by atoms with van der Waals surface area (Å²) < 4.78 is 0. The standard InChI is InChI=1S/C13H12N2O/c1-10-5-4-8-13(15-10)14-9-11-6-2-3-7-12(11)16/h2-9,16H,1H3. The molecule has 0 bridgehead atoms. The fourth-order valence-corrected chi connectivity index (χ4v) is 1.33. The second-order valence-corrected chi connectivity index (χ2v) is 3.45. The highest BCUT2D eigenvalue weighted by Gasteiger charge is 1.95. The Morgan fingerprint density at radius 2 is 1.94 bits per heavy atom. The minimum absolute atomic E-state index is 0.221. The molecule has 0 atom stereocenters. The summed E-state index contributed by atoms with van der Waals surface area (Å²) in [6.07, 6.45) is 1.61. The Labute approximate surface area is 94.1 Å². The number of para-hydroxylation sites is 1. The largest absolute Gasteiger partial charge is 0.507 e. The van der Waals surface area contributed by atoms with Crippen molar-refractivity contribution in [3.05, 3.63) is 53.7 Å². The van der Waals surface area contributed by atoms with Gasteiger partial charge in [-0.25, -0.2) is 9.98 Å². The molecule has 0 aliphatic heterocycles. The van der Waals surface area contributed by atoms with Crippen molar-refractivity contribution in [2.45, 2.75) is 6.92 Å². The van der Waals surface area contributed by atoms with Crippen LogP contribution in [0.3, 0.4) is 0 Å². The summed E-state index contributed by atoms with van der Waals surface area (Å²) in [5.74, 6) is 0.863. The van der Waals surface area contributed by atoms with Gasteiger partial charge in [-0.05, 0) is 31.2 Å². The lowest BCUT2D eigenvalue weighted by molar-refractivity contribution is 0.474. The maximum Gasteiger partial charge on any atom is 0.152 e. The van der Waals surface area contributed by atoms with Crippen molar-refractivity contribution in [2.75, 3.05) is 0 Å². The Hall–Kier alpha value is -2.16. The molecule has 0 aliphatic rings. The first-order valence-corrected chi connectivity index (χ1v) is 5.01. The molecule has 0 saturated carbocycles. The van der Waals surface area contributed by atoms with Gasteiger partial charge in [-0.3, -0.25) is 0 Å². The summed E-state index contributed by atoms with van der Waals surface area (Å²) in [6, 6.07) is 12.7. The number of aliphatic imine (C=N–C) groups is 1. The Balaban J connectivity index is 2.25. The molecule has 1 N–H and O–H groups in total. The number of nitrogens with zero attached hydrogens (tertiary/aromatic N) is 2. The number of aromatic hydroxyl groups is 1. The summed E-state index contributed by atoms with van der Waals surface area (Å²) in [5, 5.41) is 9.53. The Kier molecular flexibility index (Phi) is 2.96. The SMILES string of the molecule is Cc1cccc(N=Cc2ccccc2O)n1. The minimum Gasteiger partial charge on any atom is -0.507 e. The van der Waals surface area contributed by atoms with Gasteiger partial charge in [-0.2, -0.15) is 0 Å². The second kappa shape index (κ2) is 4.57. The van der Waals surface area contributed by atoms with Gasteiger partial charge in [0.05, 0.1) is 0 Å². The van der Waals surface area contributed by atoms with Crippen LogP contribution in [0.25, 0.3) is 0 Å². The van der Waals surface area contributed by atoms with Crippen LogP contribution in [-0.2, 0) is 0 Å². The molecule has 1 aromatic carbocycles. The van der Waals surface area contributed by atoms with Gasteiger partial charge in [0, 0.05) is 17.5 Å². The van der Waals surface area contributed by atoms with Crippen molar-refractivity contribution >= 4 is 12.0 Å². The summed E-state index contributed by atoms with van der Waals surface area (Å²) in [7, 11) is 0. The van der Waals surface area contributed by atoms with E-state index in [4.69, 9.17) is 0 Å². The molecule has 0 fully saturated rings. The zero-order chi connectivity index (χ0) is 11.4. The zero-order valence-electron chi connectivity index (χ0n) is 8.96. The Morgan fingerprint density at radius 3 is 2.69 bits per heavy atom. The topological polar surface area (TPSA) is 45.5 Å². The molecule has 0 saturated heterocycles. The third-order valence-electron chi connectivity index (χ3n) is 2.15. The molecule has 80 valence electrons. The molecule has 16 heavy (non-hydrogen) atoms. The van der Waals surface area contributed by atoms with Crippen molar-refractivity contribution in [2.24, 2.45) is 4.99 Å². The number of hydrogen-bond donors (Lipinski definition) is 1. The quantitative estimate of drug-likeness (QED) is 0.778. The first kappa shape index (κ1) is 10.4. The highest BCUT2D eigenvalue weighted by molar-refractivity contribution is 5.84. The third-order valence-corrected chi connectivity index (χ3v) is 2.15. The van der Waals surface area contributed by atoms with Crippen molar-refractivity contribution in [3.63, 3.8) is 0 Å². The number of aromatic nitrogens is 1. The molecule has 0 amide bonds. The molecule has 0 radical (unpaired) electrons. The van der Waals surface area contributed by atoms with Gasteiger partial charge in [0.25, 0.3) is 0 Å². The average molecular weight is 212 g/mol. The van der Waals surface area contributed by atoms with E-state index in [1.165, 1.54) is 0 Å². The van der Waals surface area contributed by atoms with Crippen LogP contribution in [-0.4, -0.2) is 16.3 Å². The lowest BCUT2D eigenvalue weighted by Crippen LogP contribution is -1.83. The minimum atomic E-state index is 0.221. The monoisotopic (exact) mass is 212 g/mol. The van der Waals surface area contributed by atoms with Gasteiger partial charge in [0.15, 0.2) is 5.82 Å². The van der Waals surface area contributed by atoms with Crippen LogP contribution in [0.4, 0.5) is 5.82 Å². The smallest absolute Gasteiger partial charge is 0.152 e. The number of aryl methyl sites for hydroxylation is 1.